The quantitative estimate of drug-likeness (QED) is 0.689. The van der Waals surface area contributed by atoms with Crippen LogP contribution in [-0.4, -0.2) is 69.4 Å². The van der Waals surface area contributed by atoms with Crippen molar-refractivity contribution in [3.05, 3.63) is 24.3 Å². The topological polar surface area (TPSA) is 93.2 Å². The number of methoxy groups -OCH3 is 1. The van der Waals surface area contributed by atoms with Crippen LogP contribution < -0.4 is 4.74 Å². The second kappa shape index (κ2) is 7.47. The first-order valence-electron chi connectivity index (χ1n) is 8.82. The Morgan fingerprint density at radius 2 is 1.89 bits per heavy atom. The van der Waals surface area contributed by atoms with Crippen molar-refractivity contribution in [2.45, 2.75) is 24.7 Å². The number of nitrogens with zero attached hydrogens (tertiary/aromatic N) is 2. The molecule has 0 saturated carbocycles. The lowest BCUT2D eigenvalue weighted by molar-refractivity contribution is -0.141. The van der Waals surface area contributed by atoms with Gasteiger partial charge in [-0.25, -0.2) is 8.42 Å². The summed E-state index contributed by atoms with van der Waals surface area (Å²) >= 11 is 0. The van der Waals surface area contributed by atoms with Crippen molar-refractivity contribution in [2.75, 3.05) is 39.9 Å². The molecule has 2 aliphatic rings. The summed E-state index contributed by atoms with van der Waals surface area (Å²) in [6.45, 7) is 2.70. The molecule has 3 rings (SSSR count). The molecule has 0 N–H and O–H groups in total. The number of amides is 1. The monoisotopic (exact) mass is 396 g/mol. The molecule has 2 aliphatic heterocycles. The van der Waals surface area contributed by atoms with Gasteiger partial charge >= 0.3 is 5.97 Å². The zero-order valence-electron chi connectivity index (χ0n) is 15.5. The van der Waals surface area contributed by atoms with Crippen molar-refractivity contribution in [3.63, 3.8) is 0 Å². The van der Waals surface area contributed by atoms with Crippen LogP contribution in [0.5, 0.6) is 5.75 Å². The molecular weight excluding hydrogens is 372 g/mol. The number of benzene rings is 1. The number of para-hydroxylation sites is 1. The van der Waals surface area contributed by atoms with Gasteiger partial charge in [-0.05, 0) is 25.0 Å². The molecule has 9 heteroatoms. The Labute approximate surface area is 159 Å². The first-order valence-corrected chi connectivity index (χ1v) is 10.3. The highest BCUT2D eigenvalue weighted by molar-refractivity contribution is 7.89. The van der Waals surface area contributed by atoms with E-state index in [1.54, 1.807) is 23.1 Å². The fourth-order valence-corrected chi connectivity index (χ4v) is 5.23. The molecular formula is C18H24N2O6S. The van der Waals surface area contributed by atoms with Gasteiger partial charge in [0.15, 0.2) is 0 Å². The molecule has 0 radical (unpaired) electrons. The molecule has 0 aromatic heterocycles. The van der Waals surface area contributed by atoms with Crippen LogP contribution in [0.1, 0.15) is 19.8 Å². The van der Waals surface area contributed by atoms with Crippen molar-refractivity contribution in [2.24, 2.45) is 5.41 Å². The average Bonchev–Trinajstić information content (AvgIpc) is 2.65. The van der Waals surface area contributed by atoms with Crippen molar-refractivity contribution in [1.29, 1.82) is 0 Å². The van der Waals surface area contributed by atoms with Crippen LogP contribution in [0.2, 0.25) is 0 Å². The Morgan fingerprint density at radius 3 is 2.52 bits per heavy atom. The molecule has 2 heterocycles. The number of fused-ring (bicyclic) bond motifs is 1. The first-order chi connectivity index (χ1) is 12.8. The molecule has 1 saturated heterocycles. The van der Waals surface area contributed by atoms with E-state index in [2.05, 4.69) is 0 Å². The number of piperidine rings is 1. The number of hydrogen-bond acceptors (Lipinski definition) is 6. The van der Waals surface area contributed by atoms with E-state index in [4.69, 9.17) is 9.47 Å². The van der Waals surface area contributed by atoms with Crippen LogP contribution in [0, 0.1) is 5.41 Å². The number of esters is 1. The Kier molecular flexibility index (Phi) is 5.43. The number of carbonyl (C=O) groups excluding carboxylic acids is 2. The van der Waals surface area contributed by atoms with Crippen molar-refractivity contribution in [3.8, 4) is 5.75 Å². The van der Waals surface area contributed by atoms with E-state index in [0.29, 0.717) is 32.5 Å². The molecule has 0 unspecified atom stereocenters. The molecule has 8 nitrogen and oxygen atoms in total. The van der Waals surface area contributed by atoms with Gasteiger partial charge in [0.1, 0.15) is 17.2 Å². The third-order valence-electron chi connectivity index (χ3n) is 5.32. The summed E-state index contributed by atoms with van der Waals surface area (Å²) in [6.07, 6.45) is 1.20. The van der Waals surface area contributed by atoms with Gasteiger partial charge < -0.3 is 14.4 Å². The maximum atomic E-state index is 13.2. The predicted molar refractivity (Wildman–Crippen MR) is 96.6 cm³/mol. The minimum Gasteiger partial charge on any atom is -0.492 e. The summed E-state index contributed by atoms with van der Waals surface area (Å²) in [5, 5.41) is 0. The summed E-state index contributed by atoms with van der Waals surface area (Å²) < 4.78 is 38.2. The van der Waals surface area contributed by atoms with Crippen molar-refractivity contribution < 1.29 is 27.5 Å². The van der Waals surface area contributed by atoms with Crippen LogP contribution in [0.3, 0.4) is 0 Å². The highest BCUT2D eigenvalue weighted by Gasteiger charge is 2.43. The molecule has 1 spiro atoms. The molecule has 1 aromatic rings. The average molecular weight is 396 g/mol. The minimum atomic E-state index is -3.93. The zero-order chi connectivity index (χ0) is 19.7. The molecule has 1 fully saturated rings. The summed E-state index contributed by atoms with van der Waals surface area (Å²) in [5.41, 5.74) is -0.472. The third kappa shape index (κ3) is 3.93. The lowest BCUT2D eigenvalue weighted by Gasteiger charge is -2.44. The maximum Gasteiger partial charge on any atom is 0.321 e. The van der Waals surface area contributed by atoms with E-state index < -0.39 is 21.4 Å². The van der Waals surface area contributed by atoms with Gasteiger partial charge in [0, 0.05) is 32.0 Å². The summed E-state index contributed by atoms with van der Waals surface area (Å²) in [6, 6.07) is 6.43. The second-order valence-corrected chi connectivity index (χ2v) is 9.00. The summed E-state index contributed by atoms with van der Waals surface area (Å²) in [7, 11) is -2.69. The van der Waals surface area contributed by atoms with Crippen LogP contribution in [-0.2, 0) is 24.3 Å². The van der Waals surface area contributed by atoms with Gasteiger partial charge in [-0.15, -0.1) is 0 Å². The Bertz CT molecular complexity index is 830. The van der Waals surface area contributed by atoms with Crippen molar-refractivity contribution in [1.82, 2.24) is 9.21 Å². The van der Waals surface area contributed by atoms with Gasteiger partial charge in [0.05, 0.1) is 13.7 Å². The van der Waals surface area contributed by atoms with Gasteiger partial charge in [-0.2, -0.15) is 4.31 Å². The molecule has 0 atom stereocenters. The van der Waals surface area contributed by atoms with Crippen LogP contribution in [0.25, 0.3) is 0 Å². The first kappa shape index (κ1) is 19.6. The van der Waals surface area contributed by atoms with Gasteiger partial charge in [-0.1, -0.05) is 12.1 Å². The van der Waals surface area contributed by atoms with E-state index in [1.165, 1.54) is 24.4 Å². The molecule has 1 amide bonds. The van der Waals surface area contributed by atoms with Crippen LogP contribution in [0.4, 0.5) is 0 Å². The summed E-state index contributed by atoms with van der Waals surface area (Å²) in [5.74, 6) is -0.338. The maximum absolute atomic E-state index is 13.2. The van der Waals surface area contributed by atoms with E-state index in [9.17, 15) is 18.0 Å². The third-order valence-corrected chi connectivity index (χ3v) is 7.15. The molecule has 1 aromatic carbocycles. The van der Waals surface area contributed by atoms with Crippen molar-refractivity contribution >= 4 is 21.9 Å². The SMILES string of the molecule is COC(=O)CN1CC2(CCN(C(C)=O)CC2)COc2ccccc2S1(=O)=O. The fraction of sp³-hybridized carbons (Fsp3) is 0.556. The number of likely N-dealkylation sites (tertiary alicyclic amines) is 1. The lowest BCUT2D eigenvalue weighted by Crippen LogP contribution is -2.53. The van der Waals surface area contributed by atoms with E-state index in [0.717, 1.165) is 0 Å². The molecule has 0 aliphatic carbocycles. The normalized spacial score (nSPS) is 21.5. The smallest absolute Gasteiger partial charge is 0.321 e. The van der Waals surface area contributed by atoms with E-state index >= 15 is 0 Å². The lowest BCUT2D eigenvalue weighted by atomic mass is 9.78. The largest absolute Gasteiger partial charge is 0.492 e. The Hall–Kier alpha value is -2.13. The standard InChI is InChI=1S/C18H24N2O6S/c1-14(21)19-9-7-18(8-10-19)12-20(11-17(22)25-2)27(23,24)16-6-4-3-5-15(16)26-13-18/h3-6H,7-13H2,1-2H3. The number of ether oxygens (including phenoxy) is 2. The number of sulfonamides is 1. The Balaban J connectivity index is 1.97. The second-order valence-electron chi connectivity index (χ2n) is 7.09. The number of hydrogen-bond donors (Lipinski definition) is 0. The van der Waals surface area contributed by atoms with Gasteiger partial charge in [0.2, 0.25) is 15.9 Å². The zero-order valence-corrected chi connectivity index (χ0v) is 16.3. The highest BCUT2D eigenvalue weighted by Crippen LogP contribution is 2.39. The summed E-state index contributed by atoms with van der Waals surface area (Å²) in [4.78, 5) is 25.3. The minimum absolute atomic E-state index is 0.000923. The van der Waals surface area contributed by atoms with E-state index in [1.807, 2.05) is 0 Å². The predicted octanol–water partition coefficient (Wildman–Crippen LogP) is 0.871. The number of rotatable bonds is 2. The van der Waals surface area contributed by atoms with Crippen LogP contribution >= 0.6 is 0 Å². The fourth-order valence-electron chi connectivity index (χ4n) is 3.61. The molecule has 148 valence electrons. The molecule has 27 heavy (non-hydrogen) atoms. The van der Waals surface area contributed by atoms with Gasteiger partial charge in [0.25, 0.3) is 0 Å². The molecule has 0 bridgehead atoms. The highest BCUT2D eigenvalue weighted by atomic mass is 32.2. The Morgan fingerprint density at radius 1 is 1.22 bits per heavy atom. The number of carbonyl (C=O) groups is 2. The van der Waals surface area contributed by atoms with Gasteiger partial charge in [-0.3, -0.25) is 9.59 Å². The van der Waals surface area contributed by atoms with Crippen LogP contribution in [0.15, 0.2) is 29.2 Å². The van der Waals surface area contributed by atoms with E-state index in [-0.39, 0.29) is 29.6 Å².